The molecule has 0 spiro atoms. The molecule has 1 N–H and O–H groups in total. The normalized spacial score (nSPS) is 16.5. The molecule has 0 radical (unpaired) electrons. The minimum atomic E-state index is -0.0649. The zero-order chi connectivity index (χ0) is 17.2. The molecule has 1 aliphatic heterocycles. The number of halogens is 2. The molecule has 1 saturated heterocycles. The first-order valence-electron chi connectivity index (χ1n) is 8.18. The van der Waals surface area contributed by atoms with E-state index in [9.17, 15) is 4.79 Å². The number of oxazole rings is 1. The number of hydrogen-bond donors (Lipinski definition) is 1. The summed E-state index contributed by atoms with van der Waals surface area (Å²) in [7, 11) is 1.95. The Morgan fingerprint density at radius 1 is 1.44 bits per heavy atom. The molecule has 7 nitrogen and oxygen atoms in total. The summed E-state index contributed by atoms with van der Waals surface area (Å²) in [5.74, 6) is 1.50. The SMILES string of the molecule is Cl.Cl.Cn1ccnc1C1CNCCN1C(=O)Cc1coc(-c2cccs2)n1. The van der Waals surface area contributed by atoms with E-state index in [1.807, 2.05) is 40.2 Å². The molecule has 3 aromatic heterocycles. The van der Waals surface area contributed by atoms with Crippen molar-refractivity contribution in [1.29, 1.82) is 0 Å². The second kappa shape index (κ2) is 9.36. The van der Waals surface area contributed by atoms with Gasteiger partial charge < -0.3 is 19.2 Å². The van der Waals surface area contributed by atoms with E-state index < -0.39 is 0 Å². The van der Waals surface area contributed by atoms with Gasteiger partial charge in [-0.1, -0.05) is 6.07 Å². The van der Waals surface area contributed by atoms with Gasteiger partial charge in [-0.2, -0.15) is 0 Å². The summed E-state index contributed by atoms with van der Waals surface area (Å²) in [6, 6.07) is 3.84. The molecule has 4 rings (SSSR count). The summed E-state index contributed by atoms with van der Waals surface area (Å²) < 4.78 is 7.48. The second-order valence-electron chi connectivity index (χ2n) is 6.00. The lowest BCUT2D eigenvalue weighted by Crippen LogP contribution is -2.49. The molecule has 1 fully saturated rings. The van der Waals surface area contributed by atoms with Crippen LogP contribution in [0.5, 0.6) is 0 Å². The average Bonchev–Trinajstić information content (AvgIpc) is 3.36. The quantitative estimate of drug-likeness (QED) is 0.689. The number of carbonyl (C=O) groups excluding carboxylic acids is 1. The van der Waals surface area contributed by atoms with Gasteiger partial charge in [0.15, 0.2) is 0 Å². The molecule has 146 valence electrons. The van der Waals surface area contributed by atoms with Gasteiger partial charge >= 0.3 is 0 Å². The van der Waals surface area contributed by atoms with Crippen LogP contribution in [0.25, 0.3) is 10.8 Å². The lowest BCUT2D eigenvalue weighted by Gasteiger charge is -2.35. The third-order valence-electron chi connectivity index (χ3n) is 4.34. The second-order valence-corrected chi connectivity index (χ2v) is 6.95. The maximum Gasteiger partial charge on any atom is 0.236 e. The molecule has 4 heterocycles. The Balaban J connectivity index is 0.00000131. The summed E-state index contributed by atoms with van der Waals surface area (Å²) in [4.78, 5) is 24.6. The highest BCUT2D eigenvalue weighted by Crippen LogP contribution is 2.25. The van der Waals surface area contributed by atoms with Crippen molar-refractivity contribution in [2.45, 2.75) is 12.5 Å². The number of aromatic nitrogens is 3. The van der Waals surface area contributed by atoms with Crippen LogP contribution in [0.3, 0.4) is 0 Å². The molecule has 1 amide bonds. The monoisotopic (exact) mass is 429 g/mol. The fourth-order valence-corrected chi connectivity index (χ4v) is 3.75. The molecule has 0 bridgehead atoms. The van der Waals surface area contributed by atoms with Crippen LogP contribution in [0.1, 0.15) is 17.6 Å². The van der Waals surface area contributed by atoms with Gasteiger partial charge in [-0.15, -0.1) is 36.2 Å². The number of carbonyl (C=O) groups is 1. The number of thiophene rings is 1. The van der Waals surface area contributed by atoms with Gasteiger partial charge in [0.1, 0.15) is 18.1 Å². The van der Waals surface area contributed by atoms with E-state index in [1.165, 1.54) is 0 Å². The fourth-order valence-electron chi connectivity index (χ4n) is 3.09. The topological polar surface area (TPSA) is 76.2 Å². The minimum Gasteiger partial charge on any atom is -0.444 e. The van der Waals surface area contributed by atoms with E-state index in [-0.39, 0.29) is 43.2 Å². The molecule has 1 unspecified atom stereocenters. The number of hydrogen-bond acceptors (Lipinski definition) is 6. The number of piperazine rings is 1. The van der Waals surface area contributed by atoms with Crippen LogP contribution < -0.4 is 5.32 Å². The summed E-state index contributed by atoms with van der Waals surface area (Å²) in [6.07, 6.45) is 5.47. The molecule has 27 heavy (non-hydrogen) atoms. The van der Waals surface area contributed by atoms with Gasteiger partial charge in [0.05, 0.1) is 17.0 Å². The van der Waals surface area contributed by atoms with E-state index in [1.54, 1.807) is 23.8 Å². The maximum atomic E-state index is 12.9. The minimum absolute atomic E-state index is 0. The standard InChI is InChI=1S/C17H19N5O2S.2ClH/c1-21-6-5-19-16(21)13-10-18-4-7-22(13)15(23)9-12-11-24-17(20-12)14-3-2-8-25-14;;/h2-3,5-6,8,11,13,18H,4,7,9-10H2,1H3;2*1H. The molecule has 0 aromatic carbocycles. The highest BCUT2D eigenvalue weighted by Gasteiger charge is 2.30. The number of nitrogens with one attached hydrogen (secondary N) is 1. The number of nitrogens with zero attached hydrogens (tertiary/aromatic N) is 4. The molecule has 3 aromatic rings. The predicted molar refractivity (Wildman–Crippen MR) is 109 cm³/mol. The van der Waals surface area contributed by atoms with E-state index in [2.05, 4.69) is 15.3 Å². The molecule has 1 aliphatic rings. The van der Waals surface area contributed by atoms with Crippen molar-refractivity contribution in [1.82, 2.24) is 24.8 Å². The number of rotatable bonds is 4. The summed E-state index contributed by atoms with van der Waals surface area (Å²) >= 11 is 1.57. The molecule has 1 atom stereocenters. The van der Waals surface area contributed by atoms with Gasteiger partial charge in [0.25, 0.3) is 0 Å². The van der Waals surface area contributed by atoms with Gasteiger partial charge in [0.2, 0.25) is 11.8 Å². The van der Waals surface area contributed by atoms with Crippen molar-refractivity contribution >= 4 is 42.1 Å². The first-order valence-corrected chi connectivity index (χ1v) is 9.06. The van der Waals surface area contributed by atoms with E-state index in [0.717, 1.165) is 17.2 Å². The number of amides is 1. The largest absolute Gasteiger partial charge is 0.444 e. The summed E-state index contributed by atoms with van der Waals surface area (Å²) in [6.45, 7) is 2.15. The summed E-state index contributed by atoms with van der Waals surface area (Å²) in [5.41, 5.74) is 0.658. The predicted octanol–water partition coefficient (Wildman–Crippen LogP) is 2.70. The van der Waals surface area contributed by atoms with Crippen LogP contribution >= 0.6 is 36.2 Å². The zero-order valence-corrected chi connectivity index (χ0v) is 17.1. The Morgan fingerprint density at radius 3 is 3.00 bits per heavy atom. The van der Waals surface area contributed by atoms with Crippen molar-refractivity contribution < 1.29 is 9.21 Å². The molecular formula is C17H21Cl2N5O2S. The van der Waals surface area contributed by atoms with E-state index in [0.29, 0.717) is 24.7 Å². The first kappa shape index (κ1) is 21.4. The van der Waals surface area contributed by atoms with Gasteiger partial charge in [-0.05, 0) is 11.4 Å². The Labute approximate surface area is 173 Å². The smallest absolute Gasteiger partial charge is 0.236 e. The maximum absolute atomic E-state index is 12.9. The van der Waals surface area contributed by atoms with Crippen molar-refractivity contribution in [3.63, 3.8) is 0 Å². The molecule has 0 aliphatic carbocycles. The third kappa shape index (κ3) is 4.52. The van der Waals surface area contributed by atoms with Crippen molar-refractivity contribution in [3.05, 3.63) is 47.7 Å². The lowest BCUT2D eigenvalue weighted by atomic mass is 10.1. The van der Waals surface area contributed by atoms with Crippen LogP contribution in [-0.4, -0.2) is 45.0 Å². The Hall–Kier alpha value is -1.87. The average molecular weight is 430 g/mol. The Morgan fingerprint density at radius 2 is 2.30 bits per heavy atom. The Kier molecular flexibility index (Phi) is 7.43. The van der Waals surface area contributed by atoms with Crippen LogP contribution in [0, 0.1) is 0 Å². The highest BCUT2D eigenvalue weighted by molar-refractivity contribution is 7.13. The van der Waals surface area contributed by atoms with E-state index in [4.69, 9.17) is 4.42 Å². The van der Waals surface area contributed by atoms with Crippen molar-refractivity contribution in [3.8, 4) is 10.8 Å². The number of aryl methyl sites for hydroxylation is 1. The molecule has 10 heteroatoms. The van der Waals surface area contributed by atoms with E-state index >= 15 is 0 Å². The Bertz CT molecular complexity index is 864. The van der Waals surface area contributed by atoms with Crippen molar-refractivity contribution in [2.24, 2.45) is 7.05 Å². The lowest BCUT2D eigenvalue weighted by molar-refractivity contribution is -0.134. The third-order valence-corrected chi connectivity index (χ3v) is 5.19. The molecule has 0 saturated carbocycles. The van der Waals surface area contributed by atoms with Crippen LogP contribution in [0.4, 0.5) is 0 Å². The van der Waals surface area contributed by atoms with Gasteiger partial charge in [-0.3, -0.25) is 4.79 Å². The zero-order valence-electron chi connectivity index (χ0n) is 14.7. The first-order chi connectivity index (χ1) is 12.2. The van der Waals surface area contributed by atoms with Crippen LogP contribution in [-0.2, 0) is 18.3 Å². The molecular weight excluding hydrogens is 409 g/mol. The highest BCUT2D eigenvalue weighted by atomic mass is 35.5. The van der Waals surface area contributed by atoms with Crippen LogP contribution in [0.15, 0.2) is 40.6 Å². The van der Waals surface area contributed by atoms with Crippen molar-refractivity contribution in [2.75, 3.05) is 19.6 Å². The number of imidazole rings is 1. The van der Waals surface area contributed by atoms with Gasteiger partial charge in [0, 0.05) is 39.1 Å². The van der Waals surface area contributed by atoms with Gasteiger partial charge in [-0.25, -0.2) is 9.97 Å². The fraction of sp³-hybridized carbons (Fsp3) is 0.353. The summed E-state index contributed by atoms with van der Waals surface area (Å²) in [5, 5.41) is 5.32. The van der Waals surface area contributed by atoms with Crippen LogP contribution in [0.2, 0.25) is 0 Å².